The molecule has 0 bridgehead atoms. The van der Waals surface area contributed by atoms with E-state index in [9.17, 15) is 0 Å². The van der Waals surface area contributed by atoms with Gasteiger partial charge in [-0.3, -0.25) is 4.84 Å². The number of rotatable bonds is 1. The molecule has 12 heavy (non-hydrogen) atoms. The second-order valence-corrected chi connectivity index (χ2v) is 3.91. The zero-order valence-corrected chi connectivity index (χ0v) is 7.54. The van der Waals surface area contributed by atoms with Crippen molar-refractivity contribution < 1.29 is 4.84 Å². The lowest BCUT2D eigenvalue weighted by Gasteiger charge is -2.32. The second kappa shape index (κ2) is 3.73. The molecule has 0 amide bonds. The van der Waals surface area contributed by atoms with Crippen molar-refractivity contribution in [2.24, 2.45) is 5.73 Å². The highest BCUT2D eigenvalue weighted by Gasteiger charge is 2.27. The Morgan fingerprint density at radius 3 is 2.83 bits per heavy atom. The first-order chi connectivity index (χ1) is 5.86. The first-order valence-corrected chi connectivity index (χ1v) is 5.01. The monoisotopic (exact) mass is 170 g/mol. The Hall–Kier alpha value is -0.120. The first kappa shape index (κ1) is 8.48. The SMILES string of the molecule is NC1CCCC(N2CCCO2)C1. The fraction of sp³-hybridized carbons (Fsp3) is 1.00. The van der Waals surface area contributed by atoms with Gasteiger partial charge in [0.15, 0.2) is 0 Å². The summed E-state index contributed by atoms with van der Waals surface area (Å²) < 4.78 is 0. The van der Waals surface area contributed by atoms with Gasteiger partial charge in [0, 0.05) is 18.6 Å². The molecule has 0 aromatic heterocycles. The van der Waals surface area contributed by atoms with Gasteiger partial charge in [-0.25, -0.2) is 0 Å². The molecular formula is C9H18N2O. The molecule has 70 valence electrons. The summed E-state index contributed by atoms with van der Waals surface area (Å²) in [4.78, 5) is 5.52. The maximum absolute atomic E-state index is 5.91. The van der Waals surface area contributed by atoms with Crippen LogP contribution in [-0.4, -0.2) is 30.3 Å². The van der Waals surface area contributed by atoms with E-state index in [0.29, 0.717) is 12.1 Å². The molecule has 0 aromatic carbocycles. The summed E-state index contributed by atoms with van der Waals surface area (Å²) in [6.45, 7) is 2.02. The Morgan fingerprint density at radius 1 is 1.25 bits per heavy atom. The maximum Gasteiger partial charge on any atom is 0.0698 e. The van der Waals surface area contributed by atoms with Crippen LogP contribution in [0.15, 0.2) is 0 Å². The average Bonchev–Trinajstić information content (AvgIpc) is 2.56. The van der Waals surface area contributed by atoms with Crippen LogP contribution in [-0.2, 0) is 4.84 Å². The summed E-state index contributed by atoms with van der Waals surface area (Å²) in [5, 5.41) is 2.15. The lowest BCUT2D eigenvalue weighted by Crippen LogP contribution is -2.40. The molecule has 2 fully saturated rings. The minimum absolute atomic E-state index is 0.410. The van der Waals surface area contributed by atoms with Crippen molar-refractivity contribution in [3.63, 3.8) is 0 Å². The lowest BCUT2D eigenvalue weighted by atomic mass is 9.91. The number of nitrogens with zero attached hydrogens (tertiary/aromatic N) is 1. The Balaban J connectivity index is 1.85. The van der Waals surface area contributed by atoms with Crippen LogP contribution in [0, 0.1) is 0 Å². The van der Waals surface area contributed by atoms with Crippen molar-refractivity contribution in [3.8, 4) is 0 Å². The molecule has 2 unspecified atom stereocenters. The van der Waals surface area contributed by atoms with Gasteiger partial charge >= 0.3 is 0 Å². The van der Waals surface area contributed by atoms with Gasteiger partial charge in [-0.1, -0.05) is 6.42 Å². The van der Waals surface area contributed by atoms with Crippen LogP contribution in [0.25, 0.3) is 0 Å². The fourth-order valence-electron chi connectivity index (χ4n) is 2.22. The molecule has 3 heteroatoms. The molecular weight excluding hydrogens is 152 g/mol. The summed E-state index contributed by atoms with van der Waals surface area (Å²) in [5.41, 5.74) is 5.91. The Kier molecular flexibility index (Phi) is 2.63. The number of nitrogens with two attached hydrogens (primary N) is 1. The van der Waals surface area contributed by atoms with Crippen molar-refractivity contribution in [2.75, 3.05) is 13.2 Å². The van der Waals surface area contributed by atoms with Gasteiger partial charge in [0.2, 0.25) is 0 Å². The van der Waals surface area contributed by atoms with Gasteiger partial charge in [0.05, 0.1) is 6.61 Å². The van der Waals surface area contributed by atoms with Crippen LogP contribution >= 0.6 is 0 Å². The Labute approximate surface area is 73.8 Å². The minimum atomic E-state index is 0.410. The number of hydrogen-bond donors (Lipinski definition) is 1. The van der Waals surface area contributed by atoms with E-state index in [1.54, 1.807) is 0 Å². The van der Waals surface area contributed by atoms with Crippen LogP contribution in [0.5, 0.6) is 0 Å². The topological polar surface area (TPSA) is 38.5 Å². The van der Waals surface area contributed by atoms with Gasteiger partial charge < -0.3 is 5.73 Å². The van der Waals surface area contributed by atoms with Crippen LogP contribution in [0.1, 0.15) is 32.1 Å². The molecule has 1 heterocycles. The van der Waals surface area contributed by atoms with Crippen molar-refractivity contribution >= 4 is 0 Å². The predicted molar refractivity (Wildman–Crippen MR) is 47.5 cm³/mol. The van der Waals surface area contributed by atoms with E-state index in [1.165, 1.54) is 25.7 Å². The fourth-order valence-corrected chi connectivity index (χ4v) is 2.22. The summed E-state index contributed by atoms with van der Waals surface area (Å²) in [7, 11) is 0. The zero-order valence-electron chi connectivity index (χ0n) is 7.54. The molecule has 1 saturated heterocycles. The van der Waals surface area contributed by atoms with Crippen molar-refractivity contribution in [1.82, 2.24) is 5.06 Å². The normalized spacial score (nSPS) is 38.8. The summed E-state index contributed by atoms with van der Waals surface area (Å²) in [5.74, 6) is 0. The predicted octanol–water partition coefficient (Wildman–Crippen LogP) is 0.894. The third-order valence-electron chi connectivity index (χ3n) is 2.87. The van der Waals surface area contributed by atoms with E-state index in [-0.39, 0.29) is 0 Å². The highest BCUT2D eigenvalue weighted by molar-refractivity contribution is 4.80. The molecule has 1 aliphatic carbocycles. The third-order valence-corrected chi connectivity index (χ3v) is 2.87. The van der Waals surface area contributed by atoms with Gasteiger partial charge in [-0.2, -0.15) is 5.06 Å². The minimum Gasteiger partial charge on any atom is -0.328 e. The highest BCUT2D eigenvalue weighted by Crippen LogP contribution is 2.24. The van der Waals surface area contributed by atoms with Crippen molar-refractivity contribution in [1.29, 1.82) is 0 Å². The van der Waals surface area contributed by atoms with E-state index < -0.39 is 0 Å². The van der Waals surface area contributed by atoms with E-state index in [2.05, 4.69) is 5.06 Å². The van der Waals surface area contributed by atoms with E-state index >= 15 is 0 Å². The molecule has 3 nitrogen and oxygen atoms in total. The molecule has 2 aliphatic rings. The number of hydroxylamine groups is 2. The molecule has 1 saturated carbocycles. The summed E-state index contributed by atoms with van der Waals surface area (Å²) >= 11 is 0. The average molecular weight is 170 g/mol. The highest BCUT2D eigenvalue weighted by atomic mass is 16.7. The van der Waals surface area contributed by atoms with E-state index in [4.69, 9.17) is 10.6 Å². The molecule has 2 N–H and O–H groups in total. The quantitative estimate of drug-likeness (QED) is 0.635. The first-order valence-electron chi connectivity index (χ1n) is 5.01. The van der Waals surface area contributed by atoms with Gasteiger partial charge in [0.1, 0.15) is 0 Å². The Bertz CT molecular complexity index is 145. The Morgan fingerprint density at radius 2 is 2.17 bits per heavy atom. The van der Waals surface area contributed by atoms with Crippen LogP contribution < -0.4 is 5.73 Å². The van der Waals surface area contributed by atoms with E-state index in [1.807, 2.05) is 0 Å². The van der Waals surface area contributed by atoms with Crippen LogP contribution in [0.2, 0.25) is 0 Å². The smallest absolute Gasteiger partial charge is 0.0698 e. The summed E-state index contributed by atoms with van der Waals surface area (Å²) in [6.07, 6.45) is 6.05. The van der Waals surface area contributed by atoms with Crippen molar-refractivity contribution in [2.45, 2.75) is 44.2 Å². The van der Waals surface area contributed by atoms with Crippen LogP contribution in [0.4, 0.5) is 0 Å². The second-order valence-electron chi connectivity index (χ2n) is 3.91. The molecule has 0 radical (unpaired) electrons. The summed E-state index contributed by atoms with van der Waals surface area (Å²) in [6, 6.07) is 1.02. The van der Waals surface area contributed by atoms with Gasteiger partial charge in [-0.05, 0) is 25.7 Å². The number of hydrogen-bond acceptors (Lipinski definition) is 3. The largest absolute Gasteiger partial charge is 0.328 e. The van der Waals surface area contributed by atoms with Gasteiger partial charge in [-0.15, -0.1) is 0 Å². The zero-order chi connectivity index (χ0) is 8.39. The van der Waals surface area contributed by atoms with Crippen molar-refractivity contribution in [3.05, 3.63) is 0 Å². The standard InChI is InChI=1S/C9H18N2O/c10-8-3-1-4-9(7-8)11-5-2-6-12-11/h8-9H,1-7,10H2. The van der Waals surface area contributed by atoms with Crippen LogP contribution in [0.3, 0.4) is 0 Å². The third kappa shape index (κ3) is 1.79. The van der Waals surface area contributed by atoms with E-state index in [0.717, 1.165) is 19.6 Å². The van der Waals surface area contributed by atoms with Gasteiger partial charge in [0.25, 0.3) is 0 Å². The molecule has 1 aliphatic heterocycles. The molecule has 2 atom stereocenters. The molecule has 0 aromatic rings. The maximum atomic E-state index is 5.91. The molecule has 0 spiro atoms. The lowest BCUT2D eigenvalue weighted by molar-refractivity contribution is -0.148. The molecule has 2 rings (SSSR count).